The van der Waals surface area contributed by atoms with Crippen LogP contribution >= 0.6 is 0 Å². The van der Waals surface area contributed by atoms with E-state index in [2.05, 4.69) is 5.32 Å². The van der Waals surface area contributed by atoms with Crippen LogP contribution in [0.25, 0.3) is 0 Å². The van der Waals surface area contributed by atoms with E-state index < -0.39 is 5.60 Å². The molecule has 1 amide bonds. The third-order valence-electron chi connectivity index (χ3n) is 2.50. The molecule has 0 aliphatic heterocycles. The number of alkyl carbamates (subject to hydrolysis) is 1. The number of nitrogens with two attached hydrogens (primary N) is 1. The Bertz CT molecular complexity index is 255. The molecule has 0 aromatic rings. The van der Waals surface area contributed by atoms with Gasteiger partial charge < -0.3 is 25.3 Å². The monoisotopic (exact) mass is 304 g/mol. The second kappa shape index (κ2) is 12.9. The third-order valence-corrected chi connectivity index (χ3v) is 2.50. The molecule has 126 valence electrons. The lowest BCUT2D eigenvalue weighted by atomic mass is 10.2. The van der Waals surface area contributed by atoms with Gasteiger partial charge in [-0.1, -0.05) is 0 Å². The Balaban J connectivity index is 3.17. The van der Waals surface area contributed by atoms with Gasteiger partial charge in [0.2, 0.25) is 0 Å². The predicted octanol–water partition coefficient (Wildman–Crippen LogP) is 2.06. The van der Waals surface area contributed by atoms with Gasteiger partial charge in [0.05, 0.1) is 13.2 Å². The van der Waals surface area contributed by atoms with E-state index in [1.54, 1.807) is 0 Å². The summed E-state index contributed by atoms with van der Waals surface area (Å²) < 4.78 is 16.0. The Morgan fingerprint density at radius 3 is 2.14 bits per heavy atom. The summed E-state index contributed by atoms with van der Waals surface area (Å²) in [4.78, 5) is 11.3. The summed E-state index contributed by atoms with van der Waals surface area (Å²) in [5.41, 5.74) is 4.95. The van der Waals surface area contributed by atoms with E-state index in [9.17, 15) is 4.79 Å². The molecule has 0 spiro atoms. The minimum atomic E-state index is -0.456. The first-order valence-corrected chi connectivity index (χ1v) is 7.78. The second-order valence-corrected chi connectivity index (χ2v) is 5.86. The molecule has 0 aromatic carbocycles. The number of hydrogen-bond acceptors (Lipinski definition) is 5. The third kappa shape index (κ3) is 17.1. The summed E-state index contributed by atoms with van der Waals surface area (Å²) in [7, 11) is 0. The van der Waals surface area contributed by atoms with Crippen molar-refractivity contribution in [1.82, 2.24) is 5.32 Å². The van der Waals surface area contributed by atoms with E-state index in [-0.39, 0.29) is 6.09 Å². The number of carbonyl (C=O) groups is 1. The highest BCUT2D eigenvalue weighted by Gasteiger charge is 2.15. The maximum Gasteiger partial charge on any atom is 0.407 e. The van der Waals surface area contributed by atoms with Gasteiger partial charge in [0.1, 0.15) is 5.60 Å². The van der Waals surface area contributed by atoms with Crippen LogP contribution in [-0.2, 0) is 14.2 Å². The van der Waals surface area contributed by atoms with Crippen LogP contribution in [0.3, 0.4) is 0 Å². The standard InChI is InChI=1S/C15H32N2O4/c1-15(2,3)21-14(18)17-9-7-11-20-13-12-19-10-6-4-5-8-16/h4-13,16H2,1-3H3,(H,17,18). The lowest BCUT2D eigenvalue weighted by molar-refractivity contribution is 0.0425. The molecular weight excluding hydrogens is 272 g/mol. The van der Waals surface area contributed by atoms with Crippen LogP contribution in [0.15, 0.2) is 0 Å². The summed E-state index contributed by atoms with van der Waals surface area (Å²) in [5, 5.41) is 2.69. The van der Waals surface area contributed by atoms with Crippen LogP contribution in [0.4, 0.5) is 4.79 Å². The molecule has 0 bridgehead atoms. The van der Waals surface area contributed by atoms with Crippen LogP contribution in [-0.4, -0.2) is 51.2 Å². The van der Waals surface area contributed by atoms with E-state index in [4.69, 9.17) is 19.9 Å². The molecule has 0 aliphatic rings. The van der Waals surface area contributed by atoms with E-state index in [0.29, 0.717) is 26.4 Å². The molecule has 0 fully saturated rings. The molecule has 6 nitrogen and oxygen atoms in total. The van der Waals surface area contributed by atoms with Crippen LogP contribution in [0, 0.1) is 0 Å². The fraction of sp³-hybridized carbons (Fsp3) is 0.933. The van der Waals surface area contributed by atoms with Gasteiger partial charge in [0.25, 0.3) is 0 Å². The van der Waals surface area contributed by atoms with Crippen LogP contribution in [0.1, 0.15) is 46.5 Å². The number of carbonyl (C=O) groups excluding carboxylic acids is 1. The Labute approximate surface area is 128 Å². The number of unbranched alkanes of at least 4 members (excludes halogenated alkanes) is 2. The molecule has 0 heterocycles. The molecule has 3 N–H and O–H groups in total. The molecule has 0 rings (SSSR count). The van der Waals surface area contributed by atoms with Crippen molar-refractivity contribution in [2.75, 3.05) is 39.5 Å². The first-order valence-electron chi connectivity index (χ1n) is 7.78. The summed E-state index contributed by atoms with van der Waals surface area (Å²) in [5.74, 6) is 0. The SMILES string of the molecule is CC(C)(C)OC(=O)NCCCOCCOCCCCCN. The van der Waals surface area contributed by atoms with Crippen molar-refractivity contribution in [3.63, 3.8) is 0 Å². The number of amides is 1. The molecular formula is C15H32N2O4. The molecule has 0 atom stereocenters. The highest BCUT2D eigenvalue weighted by Crippen LogP contribution is 2.06. The average Bonchev–Trinajstić information content (AvgIpc) is 2.38. The zero-order chi connectivity index (χ0) is 16.0. The summed E-state index contributed by atoms with van der Waals surface area (Å²) in [6.07, 6.45) is 3.61. The zero-order valence-corrected chi connectivity index (χ0v) is 13.8. The molecule has 0 saturated heterocycles. The lowest BCUT2D eigenvalue weighted by Crippen LogP contribution is -2.33. The van der Waals surface area contributed by atoms with Gasteiger partial charge in [-0.15, -0.1) is 0 Å². The van der Waals surface area contributed by atoms with Crippen LogP contribution in [0.2, 0.25) is 0 Å². The smallest absolute Gasteiger partial charge is 0.407 e. The van der Waals surface area contributed by atoms with Gasteiger partial charge in [-0.2, -0.15) is 0 Å². The number of nitrogens with one attached hydrogen (secondary N) is 1. The molecule has 21 heavy (non-hydrogen) atoms. The molecule has 6 heteroatoms. The minimum Gasteiger partial charge on any atom is -0.444 e. The quantitative estimate of drug-likeness (QED) is 0.539. The lowest BCUT2D eigenvalue weighted by Gasteiger charge is -2.19. The highest BCUT2D eigenvalue weighted by atomic mass is 16.6. The molecule has 0 saturated carbocycles. The van der Waals surface area contributed by atoms with Crippen molar-refractivity contribution in [3.8, 4) is 0 Å². The van der Waals surface area contributed by atoms with Crippen molar-refractivity contribution in [3.05, 3.63) is 0 Å². The largest absolute Gasteiger partial charge is 0.444 e. The van der Waals surface area contributed by atoms with Gasteiger partial charge in [0, 0.05) is 19.8 Å². The van der Waals surface area contributed by atoms with E-state index in [0.717, 1.165) is 38.8 Å². The van der Waals surface area contributed by atoms with Crippen molar-refractivity contribution in [1.29, 1.82) is 0 Å². The second-order valence-electron chi connectivity index (χ2n) is 5.86. The van der Waals surface area contributed by atoms with Gasteiger partial charge >= 0.3 is 6.09 Å². The number of rotatable bonds is 12. The Morgan fingerprint density at radius 2 is 1.57 bits per heavy atom. The molecule has 0 aromatic heterocycles. The van der Waals surface area contributed by atoms with Crippen molar-refractivity contribution < 1.29 is 19.0 Å². The average molecular weight is 304 g/mol. The van der Waals surface area contributed by atoms with Crippen LogP contribution in [0.5, 0.6) is 0 Å². The predicted molar refractivity (Wildman–Crippen MR) is 83.4 cm³/mol. The first kappa shape index (κ1) is 20.1. The molecule has 0 radical (unpaired) electrons. The van der Waals surface area contributed by atoms with E-state index >= 15 is 0 Å². The summed E-state index contributed by atoms with van der Waals surface area (Å²) in [6.45, 7) is 9.39. The van der Waals surface area contributed by atoms with Crippen molar-refractivity contribution in [2.24, 2.45) is 5.73 Å². The zero-order valence-electron chi connectivity index (χ0n) is 13.8. The number of ether oxygens (including phenoxy) is 3. The topological polar surface area (TPSA) is 82.8 Å². The van der Waals surface area contributed by atoms with Gasteiger partial charge in [0.15, 0.2) is 0 Å². The minimum absolute atomic E-state index is 0.386. The van der Waals surface area contributed by atoms with Crippen LogP contribution < -0.4 is 11.1 Å². The Hall–Kier alpha value is -0.850. The van der Waals surface area contributed by atoms with Gasteiger partial charge in [-0.05, 0) is 53.0 Å². The summed E-state index contributed by atoms with van der Waals surface area (Å²) >= 11 is 0. The molecule has 0 unspecified atom stereocenters. The highest BCUT2D eigenvalue weighted by molar-refractivity contribution is 5.67. The van der Waals surface area contributed by atoms with Crippen molar-refractivity contribution >= 4 is 6.09 Å². The van der Waals surface area contributed by atoms with Crippen molar-refractivity contribution in [2.45, 2.75) is 52.1 Å². The normalized spacial score (nSPS) is 11.4. The van der Waals surface area contributed by atoms with E-state index in [1.807, 2.05) is 20.8 Å². The fourth-order valence-electron chi connectivity index (χ4n) is 1.53. The first-order chi connectivity index (χ1) is 9.95. The Kier molecular flexibility index (Phi) is 12.3. The summed E-state index contributed by atoms with van der Waals surface area (Å²) in [6, 6.07) is 0. The maximum absolute atomic E-state index is 11.3. The molecule has 0 aliphatic carbocycles. The van der Waals surface area contributed by atoms with E-state index in [1.165, 1.54) is 0 Å². The fourth-order valence-corrected chi connectivity index (χ4v) is 1.53. The Morgan fingerprint density at radius 1 is 0.952 bits per heavy atom. The van der Waals surface area contributed by atoms with Gasteiger partial charge in [-0.25, -0.2) is 4.79 Å². The maximum atomic E-state index is 11.3. The number of hydrogen-bond donors (Lipinski definition) is 2. The van der Waals surface area contributed by atoms with Gasteiger partial charge in [-0.3, -0.25) is 0 Å².